The maximum atomic E-state index is 4.37. The van der Waals surface area contributed by atoms with E-state index in [4.69, 9.17) is 0 Å². The predicted octanol–water partition coefficient (Wildman–Crippen LogP) is 1.86. The Hall–Kier alpha value is -0.450. The highest BCUT2D eigenvalue weighted by Crippen LogP contribution is 2.21. The van der Waals surface area contributed by atoms with Gasteiger partial charge in [-0.25, -0.2) is 4.98 Å². The summed E-state index contributed by atoms with van der Waals surface area (Å²) in [7, 11) is 0. The van der Waals surface area contributed by atoms with Crippen molar-refractivity contribution in [1.29, 1.82) is 0 Å². The van der Waals surface area contributed by atoms with Gasteiger partial charge in [0.25, 0.3) is 0 Å². The van der Waals surface area contributed by atoms with Gasteiger partial charge in [0, 0.05) is 30.9 Å². The first-order chi connectivity index (χ1) is 8.42. The zero-order chi connectivity index (χ0) is 11.5. The van der Waals surface area contributed by atoms with E-state index in [1.807, 2.05) is 5.51 Å². The van der Waals surface area contributed by atoms with Gasteiger partial charge < -0.3 is 4.90 Å². The third kappa shape index (κ3) is 2.87. The topological polar surface area (TPSA) is 19.4 Å². The summed E-state index contributed by atoms with van der Waals surface area (Å²) in [4.78, 5) is 9.72. The molecule has 0 spiro atoms. The summed E-state index contributed by atoms with van der Waals surface area (Å²) in [5.41, 5.74) is 3.21. The van der Waals surface area contributed by atoms with Gasteiger partial charge in [-0.05, 0) is 38.9 Å². The molecular formula is C13H21N3S. The molecule has 1 aromatic rings. The molecule has 17 heavy (non-hydrogen) atoms. The normalized spacial score (nSPS) is 26.9. The Kier molecular flexibility index (Phi) is 3.74. The Bertz CT molecular complexity index is 338. The molecule has 0 saturated carbocycles. The largest absolute Gasteiger partial charge is 0.301 e. The van der Waals surface area contributed by atoms with Crippen molar-refractivity contribution < 1.29 is 0 Å². The molecule has 4 heteroatoms. The zero-order valence-corrected chi connectivity index (χ0v) is 11.2. The van der Waals surface area contributed by atoms with E-state index in [2.05, 4.69) is 20.2 Å². The maximum Gasteiger partial charge on any atom is 0.0794 e. The first-order valence-corrected chi connectivity index (χ1v) is 7.69. The summed E-state index contributed by atoms with van der Waals surface area (Å²) in [6, 6.07) is 0.841. The van der Waals surface area contributed by atoms with Crippen LogP contribution in [0.2, 0.25) is 0 Å². The quantitative estimate of drug-likeness (QED) is 0.817. The van der Waals surface area contributed by atoms with Crippen molar-refractivity contribution in [3.8, 4) is 0 Å². The Morgan fingerprint density at radius 1 is 1.29 bits per heavy atom. The smallest absolute Gasteiger partial charge is 0.0794 e. The van der Waals surface area contributed by atoms with E-state index in [-0.39, 0.29) is 0 Å². The van der Waals surface area contributed by atoms with E-state index >= 15 is 0 Å². The fraction of sp³-hybridized carbons (Fsp3) is 0.769. The lowest BCUT2D eigenvalue weighted by atomic mass is 10.2. The molecule has 1 atom stereocenters. The van der Waals surface area contributed by atoms with E-state index in [1.54, 1.807) is 11.3 Å². The minimum atomic E-state index is 0.841. The summed E-state index contributed by atoms with van der Waals surface area (Å²) >= 11 is 1.71. The van der Waals surface area contributed by atoms with Gasteiger partial charge >= 0.3 is 0 Å². The molecule has 1 unspecified atom stereocenters. The molecule has 3 heterocycles. The summed E-state index contributed by atoms with van der Waals surface area (Å²) in [6.45, 7) is 6.40. The van der Waals surface area contributed by atoms with E-state index in [0.717, 1.165) is 12.5 Å². The summed E-state index contributed by atoms with van der Waals surface area (Å²) in [5, 5.41) is 2.18. The van der Waals surface area contributed by atoms with Gasteiger partial charge in [-0.3, -0.25) is 4.90 Å². The second kappa shape index (κ2) is 5.46. The first kappa shape index (κ1) is 11.6. The van der Waals surface area contributed by atoms with Gasteiger partial charge in [-0.15, -0.1) is 11.3 Å². The lowest BCUT2D eigenvalue weighted by molar-refractivity contribution is 0.221. The standard InChI is InChI=1S/C13H21N3S/c1-3-13-9-15(5-2-7-16(13)6-1)8-4-12-10-17-11-14-12/h10-11,13H,1-9H2. The number of thiazole rings is 1. The molecule has 2 aliphatic rings. The number of hydrogen-bond acceptors (Lipinski definition) is 4. The molecule has 1 aromatic heterocycles. The summed E-state index contributed by atoms with van der Waals surface area (Å²) < 4.78 is 0. The van der Waals surface area contributed by atoms with E-state index in [9.17, 15) is 0 Å². The molecular weight excluding hydrogens is 230 g/mol. The average molecular weight is 251 g/mol. The summed E-state index contributed by atoms with van der Waals surface area (Å²) in [6.07, 6.45) is 5.28. The molecule has 2 aliphatic heterocycles. The van der Waals surface area contributed by atoms with Crippen LogP contribution in [0.25, 0.3) is 0 Å². The van der Waals surface area contributed by atoms with E-state index in [1.165, 1.54) is 57.7 Å². The fourth-order valence-electron chi connectivity index (χ4n) is 3.12. The number of rotatable bonds is 3. The number of hydrogen-bond donors (Lipinski definition) is 0. The second-order valence-corrected chi connectivity index (χ2v) is 5.93. The Balaban J connectivity index is 1.52. The fourth-order valence-corrected chi connectivity index (χ4v) is 3.71. The van der Waals surface area contributed by atoms with Gasteiger partial charge in [-0.2, -0.15) is 0 Å². The van der Waals surface area contributed by atoms with Crippen molar-refractivity contribution in [1.82, 2.24) is 14.8 Å². The maximum absolute atomic E-state index is 4.37. The van der Waals surface area contributed by atoms with Crippen molar-refractivity contribution in [3.63, 3.8) is 0 Å². The van der Waals surface area contributed by atoms with Crippen LogP contribution in [0.1, 0.15) is 25.0 Å². The molecule has 94 valence electrons. The molecule has 2 fully saturated rings. The van der Waals surface area contributed by atoms with Crippen LogP contribution in [0.4, 0.5) is 0 Å². The molecule has 0 amide bonds. The van der Waals surface area contributed by atoms with E-state index in [0.29, 0.717) is 0 Å². The Morgan fingerprint density at radius 3 is 3.12 bits per heavy atom. The number of nitrogens with zero attached hydrogens (tertiary/aromatic N) is 3. The lowest BCUT2D eigenvalue weighted by Crippen LogP contribution is -2.37. The molecule has 0 aliphatic carbocycles. The van der Waals surface area contributed by atoms with Gasteiger partial charge in [0.1, 0.15) is 0 Å². The van der Waals surface area contributed by atoms with Crippen LogP contribution < -0.4 is 0 Å². The van der Waals surface area contributed by atoms with Crippen LogP contribution in [0.3, 0.4) is 0 Å². The minimum Gasteiger partial charge on any atom is -0.301 e. The number of aromatic nitrogens is 1. The van der Waals surface area contributed by atoms with Crippen molar-refractivity contribution in [3.05, 3.63) is 16.6 Å². The Labute approximate surface area is 107 Å². The molecule has 0 radical (unpaired) electrons. The van der Waals surface area contributed by atoms with Crippen LogP contribution in [0.5, 0.6) is 0 Å². The van der Waals surface area contributed by atoms with Crippen LogP contribution in [0, 0.1) is 0 Å². The molecule has 3 nitrogen and oxygen atoms in total. The molecule has 0 aromatic carbocycles. The lowest BCUT2D eigenvalue weighted by Gasteiger charge is -2.25. The molecule has 2 saturated heterocycles. The third-order valence-corrected chi connectivity index (χ3v) is 4.69. The molecule has 0 bridgehead atoms. The van der Waals surface area contributed by atoms with Crippen molar-refractivity contribution >= 4 is 11.3 Å². The third-order valence-electron chi connectivity index (χ3n) is 4.06. The second-order valence-electron chi connectivity index (χ2n) is 5.22. The van der Waals surface area contributed by atoms with Gasteiger partial charge in [0.05, 0.1) is 11.2 Å². The van der Waals surface area contributed by atoms with Crippen molar-refractivity contribution in [2.45, 2.75) is 31.7 Å². The monoisotopic (exact) mass is 251 g/mol. The highest BCUT2D eigenvalue weighted by Gasteiger charge is 2.28. The number of fused-ring (bicyclic) bond motifs is 1. The predicted molar refractivity (Wildman–Crippen MR) is 71.5 cm³/mol. The summed E-state index contributed by atoms with van der Waals surface area (Å²) in [5.74, 6) is 0. The van der Waals surface area contributed by atoms with Gasteiger partial charge in [0.15, 0.2) is 0 Å². The van der Waals surface area contributed by atoms with Crippen LogP contribution in [0.15, 0.2) is 10.9 Å². The van der Waals surface area contributed by atoms with Gasteiger partial charge in [0.2, 0.25) is 0 Å². The van der Waals surface area contributed by atoms with Crippen LogP contribution in [-0.2, 0) is 6.42 Å². The van der Waals surface area contributed by atoms with Crippen molar-refractivity contribution in [2.24, 2.45) is 0 Å². The average Bonchev–Trinajstić information content (AvgIpc) is 2.95. The molecule has 3 rings (SSSR count). The first-order valence-electron chi connectivity index (χ1n) is 6.75. The van der Waals surface area contributed by atoms with Crippen molar-refractivity contribution in [2.75, 3.05) is 32.7 Å². The highest BCUT2D eigenvalue weighted by atomic mass is 32.1. The zero-order valence-electron chi connectivity index (χ0n) is 10.3. The minimum absolute atomic E-state index is 0.841. The van der Waals surface area contributed by atoms with Crippen LogP contribution >= 0.6 is 11.3 Å². The van der Waals surface area contributed by atoms with Gasteiger partial charge in [-0.1, -0.05) is 0 Å². The highest BCUT2D eigenvalue weighted by molar-refractivity contribution is 7.07. The molecule has 0 N–H and O–H groups in total. The van der Waals surface area contributed by atoms with E-state index < -0.39 is 0 Å². The Morgan fingerprint density at radius 2 is 2.24 bits per heavy atom. The van der Waals surface area contributed by atoms with Crippen LogP contribution in [-0.4, -0.2) is 53.5 Å². The SMILES string of the molecule is c1nc(CCN2CCCN3CCCC3C2)cs1.